The van der Waals surface area contributed by atoms with Crippen LogP contribution in [0.3, 0.4) is 0 Å². The minimum Gasteiger partial charge on any atom is -0.359 e. The number of hydrogen-bond donors (Lipinski definition) is 2. The number of carbonyl (C=O) groups is 2. The Balaban J connectivity index is 4.09. The fourth-order valence-corrected chi connectivity index (χ4v) is 1.69. The second-order valence-corrected chi connectivity index (χ2v) is 4.54. The average molecular weight is 243 g/mol. The van der Waals surface area contributed by atoms with Crippen molar-refractivity contribution in [3.8, 4) is 0 Å². The third-order valence-electron chi connectivity index (χ3n) is 2.76. The SMILES string of the molecule is CCCC(N)CC(=O)N(C)CC(C)C(=O)NC. The van der Waals surface area contributed by atoms with E-state index in [0.717, 1.165) is 12.8 Å². The Labute approximate surface area is 104 Å². The van der Waals surface area contributed by atoms with Crippen LogP contribution < -0.4 is 11.1 Å². The molecule has 0 fully saturated rings. The maximum Gasteiger partial charge on any atom is 0.224 e. The second-order valence-electron chi connectivity index (χ2n) is 4.54. The highest BCUT2D eigenvalue weighted by Gasteiger charge is 2.18. The second kappa shape index (κ2) is 8.06. The van der Waals surface area contributed by atoms with Crippen LogP contribution in [0.15, 0.2) is 0 Å². The summed E-state index contributed by atoms with van der Waals surface area (Å²) < 4.78 is 0. The maximum absolute atomic E-state index is 11.8. The first-order valence-corrected chi connectivity index (χ1v) is 6.13. The van der Waals surface area contributed by atoms with Crippen LogP contribution in [-0.2, 0) is 9.59 Å². The molecule has 0 aliphatic rings. The Morgan fingerprint density at radius 3 is 2.47 bits per heavy atom. The van der Waals surface area contributed by atoms with Crippen LogP contribution in [0, 0.1) is 5.92 Å². The zero-order chi connectivity index (χ0) is 13.4. The molecule has 0 bridgehead atoms. The summed E-state index contributed by atoms with van der Waals surface area (Å²) in [6.45, 7) is 4.27. The zero-order valence-electron chi connectivity index (χ0n) is 11.3. The molecule has 100 valence electrons. The summed E-state index contributed by atoms with van der Waals surface area (Å²) in [5.41, 5.74) is 5.81. The molecule has 0 aromatic carbocycles. The molecule has 0 spiro atoms. The number of hydrogen-bond acceptors (Lipinski definition) is 3. The first-order chi connectivity index (χ1) is 7.92. The molecule has 0 saturated carbocycles. The van der Waals surface area contributed by atoms with Gasteiger partial charge in [-0.2, -0.15) is 0 Å². The minimum atomic E-state index is -0.198. The summed E-state index contributed by atoms with van der Waals surface area (Å²) in [5.74, 6) is -0.249. The molecule has 0 heterocycles. The predicted molar refractivity (Wildman–Crippen MR) is 68.4 cm³/mol. The highest BCUT2D eigenvalue weighted by molar-refractivity contribution is 5.80. The van der Waals surface area contributed by atoms with Crippen molar-refractivity contribution in [3.63, 3.8) is 0 Å². The minimum absolute atomic E-state index is 0.00158. The Bertz CT molecular complexity index is 256. The van der Waals surface area contributed by atoms with E-state index in [4.69, 9.17) is 5.73 Å². The van der Waals surface area contributed by atoms with E-state index in [1.807, 2.05) is 6.92 Å². The van der Waals surface area contributed by atoms with Gasteiger partial charge in [-0.1, -0.05) is 20.3 Å². The molecule has 0 aromatic rings. The molecule has 0 rings (SSSR count). The quantitative estimate of drug-likeness (QED) is 0.677. The van der Waals surface area contributed by atoms with Crippen molar-refractivity contribution in [1.29, 1.82) is 0 Å². The van der Waals surface area contributed by atoms with E-state index in [0.29, 0.717) is 13.0 Å². The molecule has 2 atom stereocenters. The van der Waals surface area contributed by atoms with E-state index in [1.54, 1.807) is 25.9 Å². The lowest BCUT2D eigenvalue weighted by atomic mass is 10.1. The first kappa shape index (κ1) is 15.9. The van der Waals surface area contributed by atoms with E-state index in [-0.39, 0.29) is 23.8 Å². The standard InChI is InChI=1S/C12H25N3O2/c1-5-6-10(13)7-11(16)15(4)8-9(2)12(17)14-3/h9-10H,5-8,13H2,1-4H3,(H,14,17). The molecular formula is C12H25N3O2. The Morgan fingerprint density at radius 1 is 1.41 bits per heavy atom. The Kier molecular flexibility index (Phi) is 7.54. The summed E-state index contributed by atoms with van der Waals surface area (Å²) >= 11 is 0. The van der Waals surface area contributed by atoms with Crippen LogP contribution in [0.2, 0.25) is 0 Å². The van der Waals surface area contributed by atoms with Gasteiger partial charge in [-0.25, -0.2) is 0 Å². The molecular weight excluding hydrogens is 218 g/mol. The number of nitrogens with zero attached hydrogens (tertiary/aromatic N) is 1. The van der Waals surface area contributed by atoms with Gasteiger partial charge < -0.3 is 16.0 Å². The van der Waals surface area contributed by atoms with Gasteiger partial charge in [0.25, 0.3) is 0 Å². The van der Waals surface area contributed by atoms with Gasteiger partial charge in [0.15, 0.2) is 0 Å². The molecule has 17 heavy (non-hydrogen) atoms. The van der Waals surface area contributed by atoms with Crippen LogP contribution in [0.25, 0.3) is 0 Å². The Morgan fingerprint density at radius 2 is 2.00 bits per heavy atom. The smallest absolute Gasteiger partial charge is 0.224 e. The molecule has 0 saturated heterocycles. The molecule has 2 amide bonds. The zero-order valence-corrected chi connectivity index (χ0v) is 11.3. The molecule has 0 aliphatic carbocycles. The first-order valence-electron chi connectivity index (χ1n) is 6.13. The topological polar surface area (TPSA) is 75.4 Å². The van der Waals surface area contributed by atoms with Crippen LogP contribution in [0.5, 0.6) is 0 Å². The number of amides is 2. The van der Waals surface area contributed by atoms with E-state index >= 15 is 0 Å². The highest BCUT2D eigenvalue weighted by atomic mass is 16.2. The van der Waals surface area contributed by atoms with E-state index in [2.05, 4.69) is 5.32 Å². The van der Waals surface area contributed by atoms with E-state index in [1.165, 1.54) is 0 Å². The summed E-state index contributed by atoms with van der Waals surface area (Å²) in [5, 5.41) is 2.57. The van der Waals surface area contributed by atoms with Crippen molar-refractivity contribution in [2.24, 2.45) is 11.7 Å². The van der Waals surface area contributed by atoms with Gasteiger partial charge in [-0.15, -0.1) is 0 Å². The highest BCUT2D eigenvalue weighted by Crippen LogP contribution is 2.04. The number of nitrogens with one attached hydrogen (secondary N) is 1. The fraction of sp³-hybridized carbons (Fsp3) is 0.833. The van der Waals surface area contributed by atoms with Gasteiger partial charge in [0.1, 0.15) is 0 Å². The lowest BCUT2D eigenvalue weighted by Crippen LogP contribution is -2.39. The molecule has 0 radical (unpaired) electrons. The van der Waals surface area contributed by atoms with Gasteiger partial charge in [0, 0.05) is 33.1 Å². The van der Waals surface area contributed by atoms with Crippen molar-refractivity contribution < 1.29 is 9.59 Å². The van der Waals surface area contributed by atoms with Crippen molar-refractivity contribution >= 4 is 11.8 Å². The molecule has 0 aliphatic heterocycles. The summed E-state index contributed by atoms with van der Waals surface area (Å²) in [6, 6.07) is -0.0785. The van der Waals surface area contributed by atoms with Crippen LogP contribution in [0.4, 0.5) is 0 Å². The van der Waals surface area contributed by atoms with Gasteiger partial charge >= 0.3 is 0 Å². The molecule has 5 heteroatoms. The lowest BCUT2D eigenvalue weighted by molar-refractivity contribution is -0.132. The number of carbonyl (C=O) groups excluding carboxylic acids is 2. The van der Waals surface area contributed by atoms with Crippen molar-refractivity contribution in [3.05, 3.63) is 0 Å². The van der Waals surface area contributed by atoms with Crippen molar-refractivity contribution in [2.45, 2.75) is 39.2 Å². The fourth-order valence-electron chi connectivity index (χ4n) is 1.69. The molecule has 3 N–H and O–H groups in total. The number of nitrogens with two attached hydrogens (primary N) is 1. The lowest BCUT2D eigenvalue weighted by Gasteiger charge is -2.22. The van der Waals surface area contributed by atoms with E-state index < -0.39 is 0 Å². The molecule has 5 nitrogen and oxygen atoms in total. The Hall–Kier alpha value is -1.10. The van der Waals surface area contributed by atoms with Crippen molar-refractivity contribution in [1.82, 2.24) is 10.2 Å². The summed E-state index contributed by atoms with van der Waals surface area (Å²) in [6.07, 6.45) is 2.18. The van der Waals surface area contributed by atoms with Crippen LogP contribution >= 0.6 is 0 Å². The summed E-state index contributed by atoms with van der Waals surface area (Å²) in [4.78, 5) is 24.7. The molecule has 0 aromatic heterocycles. The average Bonchev–Trinajstić information content (AvgIpc) is 2.27. The van der Waals surface area contributed by atoms with E-state index in [9.17, 15) is 9.59 Å². The molecule has 2 unspecified atom stereocenters. The van der Waals surface area contributed by atoms with Gasteiger partial charge in [-0.05, 0) is 6.42 Å². The monoisotopic (exact) mass is 243 g/mol. The van der Waals surface area contributed by atoms with Crippen molar-refractivity contribution in [2.75, 3.05) is 20.6 Å². The maximum atomic E-state index is 11.8. The predicted octanol–water partition coefficient (Wildman–Crippen LogP) is 0.344. The van der Waals surface area contributed by atoms with Gasteiger partial charge in [0.2, 0.25) is 11.8 Å². The van der Waals surface area contributed by atoms with Crippen LogP contribution in [-0.4, -0.2) is 43.4 Å². The largest absolute Gasteiger partial charge is 0.359 e. The summed E-state index contributed by atoms with van der Waals surface area (Å²) in [7, 11) is 3.30. The third-order valence-corrected chi connectivity index (χ3v) is 2.76. The van der Waals surface area contributed by atoms with Gasteiger partial charge in [-0.3, -0.25) is 9.59 Å². The normalized spacial score (nSPS) is 13.9. The van der Waals surface area contributed by atoms with Gasteiger partial charge in [0.05, 0.1) is 5.92 Å². The third kappa shape index (κ3) is 6.26. The number of rotatable bonds is 7. The van der Waals surface area contributed by atoms with Crippen LogP contribution in [0.1, 0.15) is 33.1 Å².